The fraction of sp³-hybridized carbons (Fsp3) is 0.700. The van der Waals surface area contributed by atoms with Crippen LogP contribution in [-0.2, 0) is 9.53 Å². The van der Waals surface area contributed by atoms with Crippen LogP contribution in [0.2, 0.25) is 0 Å². The van der Waals surface area contributed by atoms with Gasteiger partial charge in [-0.2, -0.15) is 0 Å². The van der Waals surface area contributed by atoms with Gasteiger partial charge in [0.25, 0.3) is 0 Å². The second kappa shape index (κ2) is 5.02. The number of ether oxygens (including phenoxy) is 1. The Labute approximate surface area is 79.4 Å². The highest BCUT2D eigenvalue weighted by atomic mass is 16.5. The minimum absolute atomic E-state index is 0.0244. The minimum Gasteiger partial charge on any atom is -0.458 e. The summed E-state index contributed by atoms with van der Waals surface area (Å²) in [4.78, 5) is 13.2. The summed E-state index contributed by atoms with van der Waals surface area (Å²) in [7, 11) is 0. The average molecular weight is 183 g/mol. The lowest BCUT2D eigenvalue weighted by atomic mass is 10.3. The maximum Gasteiger partial charge on any atom is 0.330 e. The van der Waals surface area contributed by atoms with Crippen LogP contribution in [0.5, 0.6) is 0 Å². The molecule has 1 saturated heterocycles. The molecule has 0 bridgehead atoms. The third-order valence-corrected chi connectivity index (χ3v) is 2.20. The van der Waals surface area contributed by atoms with Gasteiger partial charge in [0.05, 0.1) is 0 Å². The molecule has 0 radical (unpaired) electrons. The van der Waals surface area contributed by atoms with Crippen LogP contribution < -0.4 is 0 Å². The van der Waals surface area contributed by atoms with Crippen LogP contribution in [0.1, 0.15) is 19.8 Å². The van der Waals surface area contributed by atoms with Crippen LogP contribution in [-0.4, -0.2) is 36.6 Å². The number of nitrogens with zero attached hydrogens (tertiary/aromatic N) is 1. The molecule has 0 aromatic heterocycles. The van der Waals surface area contributed by atoms with Crippen molar-refractivity contribution in [3.05, 3.63) is 12.7 Å². The number of rotatable bonds is 4. The number of likely N-dealkylation sites (tertiary alicyclic amines) is 1. The monoisotopic (exact) mass is 183 g/mol. The molecule has 0 amide bonds. The van der Waals surface area contributed by atoms with Crippen LogP contribution in [0.25, 0.3) is 0 Å². The first-order valence-corrected chi connectivity index (χ1v) is 4.78. The maximum atomic E-state index is 10.8. The fourth-order valence-corrected chi connectivity index (χ4v) is 1.61. The van der Waals surface area contributed by atoms with Crippen molar-refractivity contribution in [3.8, 4) is 0 Å². The van der Waals surface area contributed by atoms with E-state index in [0.29, 0.717) is 0 Å². The minimum atomic E-state index is -0.327. The van der Waals surface area contributed by atoms with Crippen LogP contribution in [0.15, 0.2) is 12.7 Å². The van der Waals surface area contributed by atoms with Crippen molar-refractivity contribution >= 4 is 5.97 Å². The van der Waals surface area contributed by atoms with Crippen molar-refractivity contribution in [1.82, 2.24) is 4.90 Å². The molecule has 0 spiro atoms. The van der Waals surface area contributed by atoms with E-state index in [9.17, 15) is 4.79 Å². The van der Waals surface area contributed by atoms with E-state index in [1.54, 1.807) is 0 Å². The number of esters is 1. The molecule has 0 aromatic carbocycles. The van der Waals surface area contributed by atoms with Crippen LogP contribution in [0.4, 0.5) is 0 Å². The highest BCUT2D eigenvalue weighted by Gasteiger charge is 2.15. The van der Waals surface area contributed by atoms with Gasteiger partial charge in [-0.25, -0.2) is 4.79 Å². The van der Waals surface area contributed by atoms with Crippen molar-refractivity contribution in [2.24, 2.45) is 0 Å². The van der Waals surface area contributed by atoms with Crippen LogP contribution in [0.3, 0.4) is 0 Å². The smallest absolute Gasteiger partial charge is 0.330 e. The summed E-state index contributed by atoms with van der Waals surface area (Å²) in [6, 6.07) is 0. The van der Waals surface area contributed by atoms with E-state index in [0.717, 1.165) is 19.6 Å². The zero-order valence-electron chi connectivity index (χ0n) is 8.16. The van der Waals surface area contributed by atoms with Gasteiger partial charge in [0, 0.05) is 12.6 Å². The van der Waals surface area contributed by atoms with Gasteiger partial charge in [0.2, 0.25) is 0 Å². The Bertz CT molecular complexity index is 185. The summed E-state index contributed by atoms with van der Waals surface area (Å²) < 4.78 is 5.06. The van der Waals surface area contributed by atoms with E-state index in [4.69, 9.17) is 4.74 Å². The molecule has 74 valence electrons. The van der Waals surface area contributed by atoms with Crippen LogP contribution >= 0.6 is 0 Å². The highest BCUT2D eigenvalue weighted by Crippen LogP contribution is 2.08. The second-order valence-electron chi connectivity index (χ2n) is 3.46. The number of carbonyl (C=O) groups is 1. The predicted octanol–water partition coefficient (Wildman–Crippen LogP) is 1.20. The quantitative estimate of drug-likeness (QED) is 0.484. The van der Waals surface area contributed by atoms with Gasteiger partial charge in [-0.05, 0) is 32.9 Å². The zero-order valence-corrected chi connectivity index (χ0v) is 8.16. The van der Waals surface area contributed by atoms with E-state index in [2.05, 4.69) is 11.5 Å². The standard InChI is InChI=1S/C10H17NO2/c1-3-10(12)13-9(2)8-11-6-4-5-7-11/h3,9H,1,4-8H2,2H3. The fourth-order valence-electron chi connectivity index (χ4n) is 1.61. The van der Waals surface area contributed by atoms with Crippen LogP contribution in [0, 0.1) is 0 Å². The molecule has 0 aromatic rings. The summed E-state index contributed by atoms with van der Waals surface area (Å²) >= 11 is 0. The van der Waals surface area contributed by atoms with E-state index < -0.39 is 0 Å². The Morgan fingerprint density at radius 2 is 2.23 bits per heavy atom. The summed E-state index contributed by atoms with van der Waals surface area (Å²) in [5, 5.41) is 0. The lowest BCUT2D eigenvalue weighted by molar-refractivity contribution is -0.142. The molecule has 0 saturated carbocycles. The molecule has 1 atom stereocenters. The first-order valence-electron chi connectivity index (χ1n) is 4.78. The van der Waals surface area contributed by atoms with Crippen molar-refractivity contribution in [2.45, 2.75) is 25.9 Å². The molecule has 3 heteroatoms. The van der Waals surface area contributed by atoms with Gasteiger partial charge in [0.15, 0.2) is 0 Å². The lowest BCUT2D eigenvalue weighted by Crippen LogP contribution is -2.31. The largest absolute Gasteiger partial charge is 0.458 e. The molecular weight excluding hydrogens is 166 g/mol. The summed E-state index contributed by atoms with van der Waals surface area (Å²) in [5.41, 5.74) is 0. The Balaban J connectivity index is 2.19. The SMILES string of the molecule is C=CC(=O)OC(C)CN1CCCC1. The molecule has 13 heavy (non-hydrogen) atoms. The molecule has 3 nitrogen and oxygen atoms in total. The Kier molecular flexibility index (Phi) is 3.96. The van der Waals surface area contributed by atoms with Crippen molar-refractivity contribution in [1.29, 1.82) is 0 Å². The Morgan fingerprint density at radius 1 is 1.62 bits per heavy atom. The van der Waals surface area contributed by atoms with E-state index in [1.165, 1.54) is 18.9 Å². The molecule has 1 rings (SSSR count). The average Bonchev–Trinajstić information content (AvgIpc) is 2.56. The Hall–Kier alpha value is -0.830. The van der Waals surface area contributed by atoms with Crippen molar-refractivity contribution in [3.63, 3.8) is 0 Å². The zero-order chi connectivity index (χ0) is 9.68. The topological polar surface area (TPSA) is 29.5 Å². The van der Waals surface area contributed by atoms with Gasteiger partial charge in [-0.3, -0.25) is 4.90 Å². The molecule has 1 aliphatic heterocycles. The number of hydrogen-bond acceptors (Lipinski definition) is 3. The molecule has 0 N–H and O–H groups in total. The molecule has 1 unspecified atom stereocenters. The van der Waals surface area contributed by atoms with Gasteiger partial charge < -0.3 is 4.74 Å². The van der Waals surface area contributed by atoms with Crippen molar-refractivity contribution < 1.29 is 9.53 Å². The first kappa shape index (κ1) is 10.3. The van der Waals surface area contributed by atoms with E-state index in [-0.39, 0.29) is 12.1 Å². The molecule has 0 aliphatic carbocycles. The Morgan fingerprint density at radius 3 is 2.77 bits per heavy atom. The molecule has 1 heterocycles. The highest BCUT2D eigenvalue weighted by molar-refractivity contribution is 5.81. The van der Waals surface area contributed by atoms with Gasteiger partial charge >= 0.3 is 5.97 Å². The lowest BCUT2D eigenvalue weighted by Gasteiger charge is -2.19. The summed E-state index contributed by atoms with van der Waals surface area (Å²) in [5.74, 6) is -0.327. The van der Waals surface area contributed by atoms with Gasteiger partial charge in [0.1, 0.15) is 6.10 Å². The first-order chi connectivity index (χ1) is 6.22. The third kappa shape index (κ3) is 3.59. The van der Waals surface area contributed by atoms with Gasteiger partial charge in [-0.1, -0.05) is 6.58 Å². The van der Waals surface area contributed by atoms with E-state index >= 15 is 0 Å². The second-order valence-corrected chi connectivity index (χ2v) is 3.46. The molecule has 1 aliphatic rings. The predicted molar refractivity (Wildman–Crippen MR) is 51.4 cm³/mol. The molecule has 1 fully saturated rings. The third-order valence-electron chi connectivity index (χ3n) is 2.20. The number of hydrogen-bond donors (Lipinski definition) is 0. The normalized spacial score (nSPS) is 19.8. The molecular formula is C10H17NO2. The van der Waals surface area contributed by atoms with E-state index in [1.807, 2.05) is 6.92 Å². The summed E-state index contributed by atoms with van der Waals surface area (Å²) in [6.45, 7) is 8.39. The van der Waals surface area contributed by atoms with Crippen molar-refractivity contribution in [2.75, 3.05) is 19.6 Å². The maximum absolute atomic E-state index is 10.8. The number of carbonyl (C=O) groups excluding carboxylic acids is 1. The van der Waals surface area contributed by atoms with Gasteiger partial charge in [-0.15, -0.1) is 0 Å². The summed E-state index contributed by atoms with van der Waals surface area (Å²) in [6.07, 6.45) is 3.72.